The van der Waals surface area contributed by atoms with Gasteiger partial charge in [-0.15, -0.1) is 0 Å². The van der Waals surface area contributed by atoms with Crippen LogP contribution in [0.25, 0.3) is 0 Å². The van der Waals surface area contributed by atoms with Crippen LogP contribution in [-0.4, -0.2) is 47.3 Å². The summed E-state index contributed by atoms with van der Waals surface area (Å²) in [6.45, 7) is 19.8. The van der Waals surface area contributed by atoms with Gasteiger partial charge in [0, 0.05) is 22.3 Å². The Hall–Kier alpha value is -3.16. The van der Waals surface area contributed by atoms with Gasteiger partial charge in [-0.3, -0.25) is 0 Å². The first-order valence-corrected chi connectivity index (χ1v) is 18.0. The van der Waals surface area contributed by atoms with Gasteiger partial charge in [0.1, 0.15) is 12.2 Å². The zero-order valence-corrected chi connectivity index (χ0v) is 30.5. The first-order chi connectivity index (χ1) is 22.5. The molecule has 0 unspecified atom stereocenters. The number of rotatable bonds is 5. The Labute approximate surface area is 285 Å². The van der Waals surface area contributed by atoms with E-state index in [4.69, 9.17) is 18.9 Å². The molecule has 0 bridgehead atoms. The van der Waals surface area contributed by atoms with Crippen molar-refractivity contribution >= 4 is 23.9 Å². The number of fused-ring (bicyclic) bond motifs is 5. The van der Waals surface area contributed by atoms with Crippen LogP contribution < -0.4 is 0 Å². The van der Waals surface area contributed by atoms with Gasteiger partial charge in [-0.25, -0.2) is 19.2 Å². The number of allylic oxidation sites excluding steroid dienone is 2. The van der Waals surface area contributed by atoms with Crippen molar-refractivity contribution in [2.45, 2.75) is 144 Å². The quantitative estimate of drug-likeness (QED) is 0.168. The van der Waals surface area contributed by atoms with Gasteiger partial charge in [0.15, 0.2) is 11.2 Å². The van der Waals surface area contributed by atoms with Crippen molar-refractivity contribution in [3.63, 3.8) is 0 Å². The fraction of sp³-hybridized carbons (Fsp3) is 0.700. The molecule has 6 rings (SSSR count). The molecule has 262 valence electrons. The molecule has 2 heterocycles. The normalized spacial score (nSPS) is 42.7. The monoisotopic (exact) mass is 662 g/mol. The minimum Gasteiger partial charge on any atom is -0.459 e. The summed E-state index contributed by atoms with van der Waals surface area (Å²) in [4.78, 5) is 53.0. The second-order valence-electron chi connectivity index (χ2n) is 16.4. The number of carbonyl (C=O) groups excluding carboxylic acids is 4. The van der Waals surface area contributed by atoms with Crippen LogP contribution in [0.5, 0.6) is 0 Å². The smallest absolute Gasteiger partial charge is 0.334 e. The summed E-state index contributed by atoms with van der Waals surface area (Å²) in [5.74, 6) is -0.785. The lowest BCUT2D eigenvalue weighted by molar-refractivity contribution is -0.217. The molecule has 0 amide bonds. The van der Waals surface area contributed by atoms with Crippen LogP contribution in [0.1, 0.15) is 121 Å². The molecule has 2 aliphatic heterocycles. The molecule has 8 nitrogen and oxygen atoms in total. The predicted octanol–water partition coefficient (Wildman–Crippen LogP) is 7.66. The Balaban J connectivity index is 1.37. The van der Waals surface area contributed by atoms with E-state index in [1.54, 1.807) is 26.0 Å². The number of carbonyl (C=O) groups is 4. The third-order valence-electron chi connectivity index (χ3n) is 14.5. The Morgan fingerprint density at radius 1 is 0.688 bits per heavy atom. The third-order valence-corrected chi connectivity index (χ3v) is 14.5. The summed E-state index contributed by atoms with van der Waals surface area (Å²) in [6.07, 6.45) is 8.54. The molecule has 48 heavy (non-hydrogen) atoms. The Morgan fingerprint density at radius 3 is 1.38 bits per heavy atom. The van der Waals surface area contributed by atoms with Crippen molar-refractivity contribution in [3.05, 3.63) is 45.6 Å². The highest BCUT2D eigenvalue weighted by atomic mass is 16.6. The minimum absolute atomic E-state index is 0.0545. The van der Waals surface area contributed by atoms with Gasteiger partial charge in [-0.1, -0.05) is 39.8 Å². The topological polar surface area (TPSA) is 105 Å². The predicted molar refractivity (Wildman–Crippen MR) is 180 cm³/mol. The summed E-state index contributed by atoms with van der Waals surface area (Å²) in [6, 6.07) is 0. The summed E-state index contributed by atoms with van der Waals surface area (Å²) < 4.78 is 25.4. The molecule has 4 aliphatic carbocycles. The first-order valence-electron chi connectivity index (χ1n) is 18.0. The van der Waals surface area contributed by atoms with Crippen LogP contribution in [0, 0.1) is 34.5 Å². The average molecular weight is 663 g/mol. The lowest BCUT2D eigenvalue weighted by Gasteiger charge is -2.63. The van der Waals surface area contributed by atoms with Gasteiger partial charge in [0.05, 0.1) is 0 Å². The van der Waals surface area contributed by atoms with E-state index in [1.165, 1.54) is 0 Å². The van der Waals surface area contributed by atoms with Gasteiger partial charge in [0.2, 0.25) is 0 Å². The molecule has 10 atom stereocenters. The molecule has 0 aromatic carbocycles. The molecular weight excluding hydrogens is 608 g/mol. The fourth-order valence-electron chi connectivity index (χ4n) is 10.5. The number of hydrogen-bond donors (Lipinski definition) is 0. The minimum atomic E-state index is -1.08. The maximum atomic E-state index is 13.7. The van der Waals surface area contributed by atoms with Gasteiger partial charge in [0.25, 0.3) is 0 Å². The van der Waals surface area contributed by atoms with Crippen LogP contribution in [0.4, 0.5) is 0 Å². The Morgan fingerprint density at radius 2 is 1.04 bits per heavy atom. The summed E-state index contributed by atoms with van der Waals surface area (Å²) in [5, 5.41) is 0. The second-order valence-corrected chi connectivity index (χ2v) is 16.4. The van der Waals surface area contributed by atoms with Crippen LogP contribution in [0.15, 0.2) is 45.6 Å². The molecule has 6 aliphatic rings. The van der Waals surface area contributed by atoms with Crippen LogP contribution in [-0.2, 0) is 38.1 Å². The fourth-order valence-corrected chi connectivity index (χ4v) is 10.5. The van der Waals surface area contributed by atoms with Gasteiger partial charge in [-0.05, 0) is 139 Å². The van der Waals surface area contributed by atoms with E-state index in [9.17, 15) is 19.2 Å². The van der Waals surface area contributed by atoms with E-state index in [0.717, 1.165) is 36.8 Å². The lowest BCUT2D eigenvalue weighted by atomic mass is 9.44. The Kier molecular flexibility index (Phi) is 8.47. The molecular formula is C40H54O8. The summed E-state index contributed by atoms with van der Waals surface area (Å²) >= 11 is 0. The average Bonchev–Trinajstić information content (AvgIpc) is 3.46. The van der Waals surface area contributed by atoms with Crippen LogP contribution in [0.3, 0.4) is 0 Å². The van der Waals surface area contributed by atoms with Crippen LogP contribution in [0.2, 0.25) is 0 Å². The number of esters is 4. The highest BCUT2D eigenvalue weighted by Crippen LogP contribution is 2.70. The largest absolute Gasteiger partial charge is 0.459 e. The van der Waals surface area contributed by atoms with Crippen molar-refractivity contribution in [1.29, 1.82) is 0 Å². The first kappa shape index (κ1) is 34.7. The second kappa shape index (κ2) is 11.7. The van der Waals surface area contributed by atoms with E-state index in [0.29, 0.717) is 48.0 Å². The zero-order valence-electron chi connectivity index (χ0n) is 30.5. The molecule has 0 aromatic rings. The van der Waals surface area contributed by atoms with Crippen molar-refractivity contribution in [2.75, 3.05) is 0 Å². The van der Waals surface area contributed by atoms with E-state index < -0.39 is 11.2 Å². The van der Waals surface area contributed by atoms with Gasteiger partial charge in [-0.2, -0.15) is 0 Å². The number of ether oxygens (including phenoxy) is 4. The molecule has 8 heteroatoms. The van der Waals surface area contributed by atoms with Crippen molar-refractivity contribution in [1.82, 2.24) is 0 Å². The highest BCUT2D eigenvalue weighted by Gasteiger charge is 2.74. The maximum Gasteiger partial charge on any atom is 0.334 e. The van der Waals surface area contributed by atoms with E-state index >= 15 is 0 Å². The number of hydrogen-bond acceptors (Lipinski definition) is 8. The summed E-state index contributed by atoms with van der Waals surface area (Å²) in [7, 11) is 0. The Bertz CT molecular complexity index is 1460. The van der Waals surface area contributed by atoms with Gasteiger partial charge >= 0.3 is 23.9 Å². The van der Waals surface area contributed by atoms with E-state index in [1.807, 2.05) is 27.7 Å². The molecule has 0 radical (unpaired) electrons. The molecule has 0 aromatic heterocycles. The van der Waals surface area contributed by atoms with Gasteiger partial charge < -0.3 is 18.9 Å². The van der Waals surface area contributed by atoms with E-state index in [2.05, 4.69) is 27.7 Å². The summed E-state index contributed by atoms with van der Waals surface area (Å²) in [5.41, 5.74) is 1.64. The van der Waals surface area contributed by atoms with Crippen molar-refractivity contribution < 1.29 is 38.1 Å². The van der Waals surface area contributed by atoms with Crippen LogP contribution >= 0.6 is 0 Å². The molecule has 0 saturated heterocycles. The zero-order chi connectivity index (χ0) is 35.1. The van der Waals surface area contributed by atoms with Crippen molar-refractivity contribution in [2.24, 2.45) is 34.5 Å². The molecule has 4 fully saturated rings. The maximum absolute atomic E-state index is 13.7. The molecule has 4 saturated carbocycles. The standard InChI is InChI=1S/C40H54O8/c1-11-21(3)33(41)45-31-15-13-27-17-39(29(23(5)35(43)47-39)19-37(27,9)25(31)7)40-18-28-14-16-32(46-34(42)22(4)12-2)26(8)38(28,10)20-30(40)24(6)36(44)48-40/h11-12,25-28,31-32H,13-20H2,1-10H3/b21-11-,22-12-/t25-,26-,27+,28+,31-,32-,37+,38+,39-,40+/m0/s1. The lowest BCUT2D eigenvalue weighted by Crippen LogP contribution is -2.67. The third kappa shape index (κ3) is 4.74. The molecule has 0 spiro atoms. The molecule has 0 N–H and O–H groups in total. The van der Waals surface area contributed by atoms with Crippen molar-refractivity contribution in [3.8, 4) is 0 Å². The highest BCUT2D eigenvalue weighted by molar-refractivity contribution is 5.96. The SMILES string of the molecule is C/C=C(/C)C(=O)O[C@H]1CC[C@@H]2C[C@]3([C@@]45C[C@H]6CC[C@H](OC(=O)/C(C)=C\C)[C@H](C)[C@@]6(C)CC4=C(C)C(=O)O5)OC(=O)C(C)=C3C[C@]2(C)[C@H]1C. The van der Waals surface area contributed by atoms with E-state index in [-0.39, 0.29) is 70.6 Å².